The van der Waals surface area contributed by atoms with Crippen molar-refractivity contribution in [1.29, 1.82) is 0 Å². The van der Waals surface area contributed by atoms with Crippen molar-refractivity contribution in [2.24, 2.45) is 0 Å². The molecule has 96 valence electrons. The van der Waals surface area contributed by atoms with Crippen LogP contribution in [0.2, 0.25) is 5.02 Å². The normalized spacial score (nSPS) is 11.2. The highest BCUT2D eigenvalue weighted by Crippen LogP contribution is 2.25. The monoisotopic (exact) mass is 279 g/mol. The number of nitrogens with one attached hydrogen (secondary N) is 1. The lowest BCUT2D eigenvalue weighted by Crippen LogP contribution is -1.86. The Bertz CT molecular complexity index is 927. The number of rotatable bonds is 1. The number of H-pyrrole nitrogens is 1. The minimum Gasteiger partial charge on any atom is -0.337 e. The predicted molar refractivity (Wildman–Crippen MR) is 81.8 cm³/mol. The third kappa shape index (κ3) is 1.75. The lowest BCUT2D eigenvalue weighted by molar-refractivity contribution is 1.27. The number of para-hydroxylation sites is 2. The molecule has 4 rings (SSSR count). The van der Waals surface area contributed by atoms with Crippen LogP contribution < -0.4 is 0 Å². The van der Waals surface area contributed by atoms with Gasteiger partial charge in [0.1, 0.15) is 11.2 Å². The Morgan fingerprint density at radius 2 is 1.75 bits per heavy atom. The molecule has 0 radical (unpaired) electrons. The van der Waals surface area contributed by atoms with E-state index >= 15 is 0 Å². The number of aromatic amines is 1. The summed E-state index contributed by atoms with van der Waals surface area (Å²) in [7, 11) is 0. The number of imidazole rings is 1. The van der Waals surface area contributed by atoms with E-state index in [0.717, 1.165) is 33.5 Å². The van der Waals surface area contributed by atoms with Crippen molar-refractivity contribution in [3.05, 3.63) is 59.6 Å². The Morgan fingerprint density at radius 1 is 0.850 bits per heavy atom. The zero-order chi connectivity index (χ0) is 13.5. The molecule has 0 saturated carbocycles. The first-order valence-electron chi connectivity index (χ1n) is 6.32. The number of aromatic nitrogens is 3. The zero-order valence-electron chi connectivity index (χ0n) is 10.5. The number of hydrogen-bond acceptors (Lipinski definition) is 2. The van der Waals surface area contributed by atoms with Crippen molar-refractivity contribution in [3.63, 3.8) is 0 Å². The Morgan fingerprint density at radius 3 is 2.65 bits per heavy atom. The molecule has 0 aliphatic rings. The molecule has 3 nitrogen and oxygen atoms in total. The first kappa shape index (κ1) is 11.4. The van der Waals surface area contributed by atoms with Crippen molar-refractivity contribution in [2.45, 2.75) is 0 Å². The Hall–Kier alpha value is -2.39. The second-order valence-corrected chi connectivity index (χ2v) is 5.02. The molecule has 20 heavy (non-hydrogen) atoms. The first-order chi connectivity index (χ1) is 9.81. The van der Waals surface area contributed by atoms with Gasteiger partial charge in [-0.15, -0.1) is 0 Å². The van der Waals surface area contributed by atoms with Crippen LogP contribution in [0.3, 0.4) is 0 Å². The second-order valence-electron chi connectivity index (χ2n) is 4.61. The zero-order valence-corrected chi connectivity index (χ0v) is 11.2. The number of halogens is 1. The van der Waals surface area contributed by atoms with Crippen LogP contribution in [0.15, 0.2) is 54.6 Å². The van der Waals surface area contributed by atoms with Gasteiger partial charge in [0.2, 0.25) is 0 Å². The standard InChI is InChI=1S/C16H10ClN3/c17-11-5-3-7-13-15(11)20-16(19-13)14-9-8-10-4-1-2-6-12(10)18-14/h1-9H,(H,19,20). The summed E-state index contributed by atoms with van der Waals surface area (Å²) in [6, 6.07) is 17.7. The molecule has 1 N–H and O–H groups in total. The van der Waals surface area contributed by atoms with Crippen molar-refractivity contribution < 1.29 is 0 Å². The van der Waals surface area contributed by atoms with Gasteiger partial charge in [0, 0.05) is 5.39 Å². The average molecular weight is 280 g/mol. The number of fused-ring (bicyclic) bond motifs is 2. The largest absolute Gasteiger partial charge is 0.337 e. The van der Waals surface area contributed by atoms with Gasteiger partial charge in [-0.2, -0.15) is 0 Å². The van der Waals surface area contributed by atoms with E-state index in [1.54, 1.807) is 0 Å². The minimum atomic E-state index is 0.644. The lowest BCUT2D eigenvalue weighted by atomic mass is 10.2. The quantitative estimate of drug-likeness (QED) is 0.560. The fraction of sp³-hybridized carbons (Fsp3) is 0. The van der Waals surface area contributed by atoms with Gasteiger partial charge in [-0.1, -0.05) is 41.9 Å². The van der Waals surface area contributed by atoms with Crippen LogP contribution in [0.1, 0.15) is 0 Å². The van der Waals surface area contributed by atoms with E-state index in [-0.39, 0.29) is 0 Å². The van der Waals surface area contributed by atoms with Crippen molar-refractivity contribution in [3.8, 4) is 11.5 Å². The van der Waals surface area contributed by atoms with E-state index in [0.29, 0.717) is 5.02 Å². The summed E-state index contributed by atoms with van der Waals surface area (Å²) >= 11 is 6.15. The van der Waals surface area contributed by atoms with E-state index in [4.69, 9.17) is 11.6 Å². The topological polar surface area (TPSA) is 41.6 Å². The van der Waals surface area contributed by atoms with Crippen LogP contribution in [-0.2, 0) is 0 Å². The summed E-state index contributed by atoms with van der Waals surface area (Å²) in [5.74, 6) is 0.735. The predicted octanol–water partition coefficient (Wildman–Crippen LogP) is 4.43. The Kier molecular flexibility index (Phi) is 2.47. The number of pyridine rings is 1. The molecule has 2 aromatic carbocycles. The molecule has 0 amide bonds. The highest BCUT2D eigenvalue weighted by Gasteiger charge is 2.09. The molecule has 2 heterocycles. The Labute approximate surface area is 120 Å². The smallest absolute Gasteiger partial charge is 0.157 e. The number of hydrogen-bond donors (Lipinski definition) is 1. The maximum absolute atomic E-state index is 6.15. The van der Waals surface area contributed by atoms with Gasteiger partial charge < -0.3 is 4.98 Å². The summed E-state index contributed by atoms with van der Waals surface area (Å²) in [4.78, 5) is 12.4. The van der Waals surface area contributed by atoms with Crippen molar-refractivity contribution in [1.82, 2.24) is 15.0 Å². The van der Waals surface area contributed by atoms with Gasteiger partial charge >= 0.3 is 0 Å². The van der Waals surface area contributed by atoms with Crippen molar-refractivity contribution >= 4 is 33.5 Å². The van der Waals surface area contributed by atoms with E-state index in [9.17, 15) is 0 Å². The maximum atomic E-state index is 6.15. The summed E-state index contributed by atoms with van der Waals surface area (Å²) < 4.78 is 0. The maximum Gasteiger partial charge on any atom is 0.157 e. The van der Waals surface area contributed by atoms with Crippen LogP contribution in [0.4, 0.5) is 0 Å². The molecular formula is C16H10ClN3. The number of nitrogens with zero attached hydrogens (tertiary/aromatic N) is 2. The fourth-order valence-corrected chi connectivity index (χ4v) is 2.53. The third-order valence-corrected chi connectivity index (χ3v) is 3.61. The van der Waals surface area contributed by atoms with Crippen molar-refractivity contribution in [2.75, 3.05) is 0 Å². The van der Waals surface area contributed by atoms with Gasteiger partial charge in [-0.05, 0) is 24.3 Å². The highest BCUT2D eigenvalue weighted by molar-refractivity contribution is 6.34. The van der Waals surface area contributed by atoms with Crippen LogP contribution in [0.5, 0.6) is 0 Å². The number of benzene rings is 2. The molecule has 0 spiro atoms. The molecule has 0 aliphatic heterocycles. The molecule has 0 saturated heterocycles. The molecular weight excluding hydrogens is 270 g/mol. The molecule has 0 aliphatic carbocycles. The molecule has 0 atom stereocenters. The second kappa shape index (κ2) is 4.32. The van der Waals surface area contributed by atoms with Crippen LogP contribution in [0.25, 0.3) is 33.5 Å². The van der Waals surface area contributed by atoms with Crippen LogP contribution in [0, 0.1) is 0 Å². The molecule has 4 heteroatoms. The van der Waals surface area contributed by atoms with Crippen LogP contribution in [-0.4, -0.2) is 15.0 Å². The molecule has 0 unspecified atom stereocenters. The highest BCUT2D eigenvalue weighted by atomic mass is 35.5. The summed E-state index contributed by atoms with van der Waals surface area (Å²) in [5.41, 5.74) is 3.47. The fourth-order valence-electron chi connectivity index (χ4n) is 2.32. The summed E-state index contributed by atoms with van der Waals surface area (Å²) in [6.07, 6.45) is 0. The average Bonchev–Trinajstić information content (AvgIpc) is 2.92. The van der Waals surface area contributed by atoms with Gasteiger partial charge in [-0.25, -0.2) is 9.97 Å². The van der Waals surface area contributed by atoms with E-state index in [1.165, 1.54) is 0 Å². The van der Waals surface area contributed by atoms with Gasteiger partial charge in [0.15, 0.2) is 5.82 Å². The van der Waals surface area contributed by atoms with Gasteiger partial charge in [-0.3, -0.25) is 0 Å². The molecule has 0 bridgehead atoms. The van der Waals surface area contributed by atoms with Crippen LogP contribution >= 0.6 is 11.6 Å². The third-order valence-electron chi connectivity index (χ3n) is 3.30. The summed E-state index contributed by atoms with van der Waals surface area (Å²) in [5, 5.41) is 1.76. The molecule has 0 fully saturated rings. The minimum absolute atomic E-state index is 0.644. The SMILES string of the molecule is Clc1cccc2[nH]c(-c3ccc4ccccc4n3)nc12. The van der Waals surface area contributed by atoms with Gasteiger partial charge in [0.05, 0.1) is 16.1 Å². The molecule has 4 aromatic rings. The molecule has 2 aromatic heterocycles. The lowest BCUT2D eigenvalue weighted by Gasteiger charge is -1.99. The van der Waals surface area contributed by atoms with E-state index in [2.05, 4.69) is 15.0 Å². The van der Waals surface area contributed by atoms with E-state index < -0.39 is 0 Å². The van der Waals surface area contributed by atoms with E-state index in [1.807, 2.05) is 54.6 Å². The Balaban J connectivity index is 1.94. The first-order valence-corrected chi connectivity index (χ1v) is 6.69. The van der Waals surface area contributed by atoms with Gasteiger partial charge in [0.25, 0.3) is 0 Å². The summed E-state index contributed by atoms with van der Waals surface area (Å²) in [6.45, 7) is 0.